The highest BCUT2D eigenvalue weighted by atomic mass is 16.3. The number of nitrogens with one attached hydrogen (secondary N) is 1. The second-order valence-corrected chi connectivity index (χ2v) is 5.54. The Bertz CT molecular complexity index is 467. The zero-order valence-corrected chi connectivity index (χ0v) is 12.3. The number of likely N-dealkylation sites (tertiary alicyclic amines) is 1. The largest absolute Gasteiger partial charge is 0.396 e. The maximum absolute atomic E-state index is 11.3. The summed E-state index contributed by atoms with van der Waals surface area (Å²) in [5.74, 6) is 0.508. The van der Waals surface area contributed by atoms with Gasteiger partial charge in [-0.3, -0.25) is 4.79 Å². The average molecular weight is 292 g/mol. The van der Waals surface area contributed by atoms with Crippen LogP contribution in [0.4, 0.5) is 5.82 Å². The summed E-state index contributed by atoms with van der Waals surface area (Å²) in [6, 6.07) is 3.38. The van der Waals surface area contributed by atoms with E-state index in [0.29, 0.717) is 17.3 Å². The maximum atomic E-state index is 11.3. The Morgan fingerprint density at radius 1 is 1.57 bits per heavy atom. The van der Waals surface area contributed by atoms with Crippen LogP contribution in [0, 0.1) is 5.92 Å². The summed E-state index contributed by atoms with van der Waals surface area (Å²) in [6.07, 6.45) is 4.89. The third kappa shape index (κ3) is 4.68. The van der Waals surface area contributed by atoms with Crippen molar-refractivity contribution in [1.82, 2.24) is 9.88 Å². The van der Waals surface area contributed by atoms with Gasteiger partial charge >= 0.3 is 0 Å². The van der Waals surface area contributed by atoms with Crippen molar-refractivity contribution in [3.8, 4) is 0 Å². The maximum Gasteiger partial charge on any atom is 0.252 e. The minimum Gasteiger partial charge on any atom is -0.396 e. The second-order valence-electron chi connectivity index (χ2n) is 5.54. The summed E-state index contributed by atoms with van der Waals surface area (Å²) in [4.78, 5) is 17.8. The van der Waals surface area contributed by atoms with Gasteiger partial charge < -0.3 is 21.1 Å². The van der Waals surface area contributed by atoms with Crippen molar-refractivity contribution < 1.29 is 9.90 Å². The number of aliphatic hydroxyl groups is 1. The van der Waals surface area contributed by atoms with Crippen molar-refractivity contribution in [2.75, 3.05) is 38.1 Å². The molecular formula is C15H24N4O2. The van der Waals surface area contributed by atoms with Gasteiger partial charge in [-0.2, -0.15) is 0 Å². The normalized spacial score (nSPS) is 19.4. The lowest BCUT2D eigenvalue weighted by atomic mass is 9.99. The number of nitrogens with zero attached hydrogens (tertiary/aromatic N) is 2. The summed E-state index contributed by atoms with van der Waals surface area (Å²) < 4.78 is 0. The first-order valence-corrected chi connectivity index (χ1v) is 7.52. The van der Waals surface area contributed by atoms with Crippen molar-refractivity contribution in [2.45, 2.75) is 19.3 Å². The third-order valence-corrected chi connectivity index (χ3v) is 3.88. The number of piperidine rings is 1. The Hall–Kier alpha value is -1.66. The molecule has 1 saturated heterocycles. The number of hydrogen-bond acceptors (Lipinski definition) is 5. The van der Waals surface area contributed by atoms with Crippen LogP contribution < -0.4 is 11.1 Å². The van der Waals surface area contributed by atoms with E-state index in [0.717, 1.165) is 45.4 Å². The number of hydrogen-bond donors (Lipinski definition) is 3. The molecule has 1 aromatic heterocycles. The van der Waals surface area contributed by atoms with Crippen LogP contribution >= 0.6 is 0 Å². The average Bonchev–Trinajstić information content (AvgIpc) is 2.52. The van der Waals surface area contributed by atoms with E-state index in [2.05, 4.69) is 15.2 Å². The minimum atomic E-state index is -0.465. The summed E-state index contributed by atoms with van der Waals surface area (Å²) in [5.41, 5.74) is 5.74. The lowest BCUT2D eigenvalue weighted by Gasteiger charge is -2.31. The van der Waals surface area contributed by atoms with Crippen LogP contribution in [0.5, 0.6) is 0 Å². The zero-order valence-electron chi connectivity index (χ0n) is 12.3. The van der Waals surface area contributed by atoms with Gasteiger partial charge in [-0.15, -0.1) is 0 Å². The topological polar surface area (TPSA) is 91.5 Å². The van der Waals surface area contributed by atoms with E-state index in [4.69, 9.17) is 5.73 Å². The number of aromatic nitrogens is 1. The predicted octanol–water partition coefficient (Wildman–Crippen LogP) is 0.687. The van der Waals surface area contributed by atoms with Crippen molar-refractivity contribution in [1.29, 1.82) is 0 Å². The Kier molecular flexibility index (Phi) is 5.95. The second kappa shape index (κ2) is 7.95. The monoisotopic (exact) mass is 292 g/mol. The van der Waals surface area contributed by atoms with Crippen molar-refractivity contribution in [3.63, 3.8) is 0 Å². The van der Waals surface area contributed by atoms with E-state index < -0.39 is 5.91 Å². The number of primary amides is 1. The number of carbonyl (C=O) groups is 1. The molecule has 0 spiro atoms. The molecule has 2 heterocycles. The molecule has 0 aliphatic carbocycles. The molecule has 0 bridgehead atoms. The molecular weight excluding hydrogens is 268 g/mol. The lowest BCUT2D eigenvalue weighted by Crippen LogP contribution is -2.37. The van der Waals surface area contributed by atoms with Crippen molar-refractivity contribution >= 4 is 11.7 Å². The van der Waals surface area contributed by atoms with Crippen molar-refractivity contribution in [3.05, 3.63) is 23.9 Å². The molecule has 6 nitrogen and oxygen atoms in total. The molecule has 21 heavy (non-hydrogen) atoms. The minimum absolute atomic E-state index is 0.282. The van der Waals surface area contributed by atoms with Gasteiger partial charge in [-0.05, 0) is 50.4 Å². The molecule has 0 unspecified atom stereocenters. The number of anilines is 1. The first-order valence-electron chi connectivity index (χ1n) is 7.52. The van der Waals surface area contributed by atoms with Crippen LogP contribution in [0.15, 0.2) is 18.3 Å². The smallest absolute Gasteiger partial charge is 0.252 e. The standard InChI is InChI=1S/C15H24N4O2/c16-14(21)13-5-1-6-17-15(13)18-7-3-9-19-8-2-4-12(10-19)11-20/h1,5-6,12,20H,2-4,7-11H2,(H2,16,21)(H,17,18)/t12-/m1/s1. The highest BCUT2D eigenvalue weighted by molar-refractivity contribution is 5.97. The number of amides is 1. The molecule has 116 valence electrons. The fraction of sp³-hybridized carbons (Fsp3) is 0.600. The number of pyridine rings is 1. The number of nitrogens with two attached hydrogens (primary N) is 1. The molecule has 1 aromatic rings. The van der Waals surface area contributed by atoms with Crippen LogP contribution in [0.25, 0.3) is 0 Å². The van der Waals surface area contributed by atoms with Gasteiger partial charge in [0.15, 0.2) is 0 Å². The Balaban J connectivity index is 1.74. The molecule has 1 aliphatic heterocycles. The van der Waals surface area contributed by atoms with Crippen LogP contribution in [0.2, 0.25) is 0 Å². The predicted molar refractivity (Wildman–Crippen MR) is 82.1 cm³/mol. The SMILES string of the molecule is NC(=O)c1cccnc1NCCCN1CCC[C@@H](CO)C1. The number of aliphatic hydroxyl groups excluding tert-OH is 1. The van der Waals surface area contributed by atoms with E-state index in [1.807, 2.05) is 0 Å². The summed E-state index contributed by atoms with van der Waals surface area (Å²) in [7, 11) is 0. The molecule has 1 atom stereocenters. The molecule has 0 saturated carbocycles. The summed E-state index contributed by atoms with van der Waals surface area (Å²) in [6.45, 7) is 4.10. The van der Waals surface area contributed by atoms with Gasteiger partial charge in [0.25, 0.3) is 5.91 Å². The van der Waals surface area contributed by atoms with E-state index in [9.17, 15) is 9.90 Å². The van der Waals surface area contributed by atoms with Gasteiger partial charge in [0, 0.05) is 25.9 Å². The summed E-state index contributed by atoms with van der Waals surface area (Å²) >= 11 is 0. The molecule has 1 amide bonds. The Morgan fingerprint density at radius 3 is 3.19 bits per heavy atom. The first kappa shape index (κ1) is 15.7. The third-order valence-electron chi connectivity index (χ3n) is 3.88. The molecule has 0 radical (unpaired) electrons. The zero-order chi connectivity index (χ0) is 15.1. The van der Waals surface area contributed by atoms with Gasteiger partial charge in [0.05, 0.1) is 5.56 Å². The Morgan fingerprint density at radius 2 is 2.43 bits per heavy atom. The highest BCUT2D eigenvalue weighted by Gasteiger charge is 2.18. The van der Waals surface area contributed by atoms with Gasteiger partial charge in [-0.25, -0.2) is 4.98 Å². The fourth-order valence-corrected chi connectivity index (χ4v) is 2.76. The van der Waals surface area contributed by atoms with Gasteiger partial charge in [-0.1, -0.05) is 0 Å². The van der Waals surface area contributed by atoms with Crippen LogP contribution in [-0.4, -0.2) is 53.7 Å². The quantitative estimate of drug-likeness (QED) is 0.643. The van der Waals surface area contributed by atoms with E-state index >= 15 is 0 Å². The summed E-state index contributed by atoms with van der Waals surface area (Å²) in [5, 5.41) is 12.4. The van der Waals surface area contributed by atoms with Crippen LogP contribution in [-0.2, 0) is 0 Å². The van der Waals surface area contributed by atoms with Crippen LogP contribution in [0.3, 0.4) is 0 Å². The van der Waals surface area contributed by atoms with E-state index in [1.54, 1.807) is 18.3 Å². The van der Waals surface area contributed by atoms with Crippen LogP contribution in [0.1, 0.15) is 29.6 Å². The van der Waals surface area contributed by atoms with Crippen molar-refractivity contribution in [2.24, 2.45) is 11.7 Å². The number of rotatable bonds is 7. The van der Waals surface area contributed by atoms with Gasteiger partial charge in [0.2, 0.25) is 0 Å². The molecule has 6 heteroatoms. The molecule has 0 aromatic carbocycles. The molecule has 2 rings (SSSR count). The molecule has 1 fully saturated rings. The number of carbonyl (C=O) groups excluding carboxylic acids is 1. The lowest BCUT2D eigenvalue weighted by molar-refractivity contribution is 0.100. The van der Waals surface area contributed by atoms with E-state index in [-0.39, 0.29) is 6.61 Å². The molecule has 1 aliphatic rings. The highest BCUT2D eigenvalue weighted by Crippen LogP contribution is 2.16. The van der Waals surface area contributed by atoms with E-state index in [1.165, 1.54) is 0 Å². The molecule has 4 N–H and O–H groups in total. The Labute approximate surface area is 125 Å². The fourth-order valence-electron chi connectivity index (χ4n) is 2.76. The first-order chi connectivity index (χ1) is 10.2. The van der Waals surface area contributed by atoms with Gasteiger partial charge in [0.1, 0.15) is 5.82 Å².